The van der Waals surface area contributed by atoms with Gasteiger partial charge in [-0.1, -0.05) is 6.92 Å². The summed E-state index contributed by atoms with van der Waals surface area (Å²) >= 11 is 0. The van der Waals surface area contributed by atoms with Gasteiger partial charge in [-0.3, -0.25) is 19.3 Å². The molecule has 0 saturated heterocycles. The Labute approximate surface area is 173 Å². The lowest BCUT2D eigenvalue weighted by molar-refractivity contribution is -0.219. The molecule has 0 rings (SSSR count). The number of imide groups is 1. The zero-order chi connectivity index (χ0) is 24.0. The Hall–Kier alpha value is -2.20. The van der Waals surface area contributed by atoms with Gasteiger partial charge >= 0.3 is 18.1 Å². The molecular formula is C19H29F4NO6. The molecule has 11 heteroatoms. The second-order valence-corrected chi connectivity index (χ2v) is 7.50. The molecule has 174 valence electrons. The van der Waals surface area contributed by atoms with Gasteiger partial charge in [0.05, 0.1) is 5.92 Å². The van der Waals surface area contributed by atoms with Crippen LogP contribution in [-0.4, -0.2) is 58.7 Å². The molecule has 0 N–H and O–H groups in total. The van der Waals surface area contributed by atoms with Crippen LogP contribution in [0, 0.1) is 5.92 Å². The Balaban J connectivity index is 5.20. The van der Waals surface area contributed by atoms with Crippen LogP contribution in [0.1, 0.15) is 61.3 Å². The third-order valence-corrected chi connectivity index (χ3v) is 4.36. The Morgan fingerprint density at radius 3 is 1.83 bits per heavy atom. The average molecular weight is 443 g/mol. The molecule has 4 atom stereocenters. The fraction of sp³-hybridized carbons (Fsp3) is 0.789. The van der Waals surface area contributed by atoms with Crippen molar-refractivity contribution >= 4 is 23.8 Å². The molecular weight excluding hydrogens is 414 g/mol. The van der Waals surface area contributed by atoms with Crippen LogP contribution in [0.25, 0.3) is 0 Å². The second-order valence-electron chi connectivity index (χ2n) is 7.50. The van der Waals surface area contributed by atoms with Gasteiger partial charge in [0.1, 0.15) is 0 Å². The topological polar surface area (TPSA) is 90.0 Å². The Morgan fingerprint density at radius 2 is 1.47 bits per heavy atom. The SMILES string of the molecule is CCC(CC(C)(F)C(=O)OC(C)C(=O)N(C(C)=O)C(C)C)C(=O)OC(C)C(F)(F)F. The van der Waals surface area contributed by atoms with Crippen molar-refractivity contribution in [3.8, 4) is 0 Å². The summed E-state index contributed by atoms with van der Waals surface area (Å²) in [7, 11) is 0. The summed E-state index contributed by atoms with van der Waals surface area (Å²) in [5.41, 5.74) is -2.78. The predicted molar refractivity (Wildman–Crippen MR) is 97.7 cm³/mol. The molecule has 0 heterocycles. The summed E-state index contributed by atoms with van der Waals surface area (Å²) in [6, 6.07) is -0.525. The van der Waals surface area contributed by atoms with E-state index in [4.69, 9.17) is 4.74 Å². The van der Waals surface area contributed by atoms with Gasteiger partial charge in [0.25, 0.3) is 5.91 Å². The molecule has 0 aliphatic carbocycles. The van der Waals surface area contributed by atoms with Gasteiger partial charge in [0, 0.05) is 19.4 Å². The number of carbonyl (C=O) groups is 4. The number of amides is 2. The molecule has 4 unspecified atom stereocenters. The van der Waals surface area contributed by atoms with E-state index in [0.717, 1.165) is 25.7 Å². The largest absolute Gasteiger partial charge is 0.453 e. The van der Waals surface area contributed by atoms with Crippen molar-refractivity contribution in [2.75, 3.05) is 0 Å². The summed E-state index contributed by atoms with van der Waals surface area (Å²) in [5, 5.41) is 0. The molecule has 0 radical (unpaired) electrons. The summed E-state index contributed by atoms with van der Waals surface area (Å²) in [6.45, 7) is 8.28. The Morgan fingerprint density at radius 1 is 0.967 bits per heavy atom. The molecule has 0 aliphatic heterocycles. The average Bonchev–Trinajstić information content (AvgIpc) is 2.57. The van der Waals surface area contributed by atoms with Gasteiger partial charge in [-0.25, -0.2) is 9.18 Å². The maximum Gasteiger partial charge on any atom is 0.425 e. The smallest absolute Gasteiger partial charge is 0.425 e. The summed E-state index contributed by atoms with van der Waals surface area (Å²) in [6.07, 6.45) is -9.54. The molecule has 0 spiro atoms. The first kappa shape index (κ1) is 27.8. The Kier molecular flexibility index (Phi) is 9.93. The van der Waals surface area contributed by atoms with Crippen LogP contribution < -0.4 is 0 Å². The molecule has 30 heavy (non-hydrogen) atoms. The van der Waals surface area contributed by atoms with E-state index in [9.17, 15) is 36.7 Å². The lowest BCUT2D eigenvalue weighted by atomic mass is 9.91. The van der Waals surface area contributed by atoms with Crippen LogP contribution in [-0.2, 0) is 28.7 Å². The van der Waals surface area contributed by atoms with E-state index in [1.54, 1.807) is 13.8 Å². The molecule has 0 aliphatic rings. The van der Waals surface area contributed by atoms with E-state index < -0.39 is 66.2 Å². The summed E-state index contributed by atoms with van der Waals surface area (Å²) < 4.78 is 61.7. The van der Waals surface area contributed by atoms with Gasteiger partial charge < -0.3 is 9.47 Å². The minimum atomic E-state index is -4.78. The standard InChI is InChI=1S/C19H29F4NO6/c1-8-14(16(27)30-12(5)19(21,22)23)9-18(7,20)17(28)29-11(4)15(26)24(10(2)3)13(6)25/h10-12,14H,8-9H2,1-7H3. The maximum atomic E-state index is 14.9. The minimum Gasteiger partial charge on any atom is -0.453 e. The zero-order valence-corrected chi connectivity index (χ0v) is 18.1. The molecule has 0 saturated carbocycles. The van der Waals surface area contributed by atoms with E-state index in [1.807, 2.05) is 0 Å². The van der Waals surface area contributed by atoms with Crippen molar-refractivity contribution in [2.24, 2.45) is 5.92 Å². The zero-order valence-electron chi connectivity index (χ0n) is 18.1. The van der Waals surface area contributed by atoms with Gasteiger partial charge in [0.15, 0.2) is 12.2 Å². The molecule has 0 aromatic heterocycles. The van der Waals surface area contributed by atoms with Gasteiger partial charge in [0.2, 0.25) is 11.6 Å². The monoisotopic (exact) mass is 443 g/mol. The van der Waals surface area contributed by atoms with Crippen molar-refractivity contribution in [2.45, 2.75) is 91.4 Å². The van der Waals surface area contributed by atoms with Crippen molar-refractivity contribution in [1.29, 1.82) is 0 Å². The first-order chi connectivity index (χ1) is 13.5. The fourth-order valence-electron chi connectivity index (χ4n) is 2.58. The van der Waals surface area contributed by atoms with Crippen molar-refractivity contribution in [1.82, 2.24) is 4.90 Å². The van der Waals surface area contributed by atoms with Crippen LogP contribution in [0.2, 0.25) is 0 Å². The number of esters is 2. The van der Waals surface area contributed by atoms with Crippen molar-refractivity contribution in [3.05, 3.63) is 0 Å². The third kappa shape index (κ3) is 7.91. The lowest BCUT2D eigenvalue weighted by Gasteiger charge is -2.28. The number of hydrogen-bond acceptors (Lipinski definition) is 6. The molecule has 0 bridgehead atoms. The minimum absolute atomic E-state index is 0.0872. The summed E-state index contributed by atoms with van der Waals surface area (Å²) in [4.78, 5) is 48.9. The number of ether oxygens (including phenoxy) is 2. The maximum absolute atomic E-state index is 14.9. The number of hydrogen-bond donors (Lipinski definition) is 0. The quantitative estimate of drug-likeness (QED) is 0.401. The lowest BCUT2D eigenvalue weighted by Crippen LogP contribution is -2.48. The van der Waals surface area contributed by atoms with Crippen molar-refractivity contribution in [3.63, 3.8) is 0 Å². The highest BCUT2D eigenvalue weighted by Gasteiger charge is 2.44. The van der Waals surface area contributed by atoms with Gasteiger partial charge in [-0.15, -0.1) is 0 Å². The first-order valence-electron chi connectivity index (χ1n) is 9.46. The molecule has 0 fully saturated rings. The Bertz CT molecular complexity index is 647. The number of carbonyl (C=O) groups excluding carboxylic acids is 4. The van der Waals surface area contributed by atoms with Crippen LogP contribution >= 0.6 is 0 Å². The van der Waals surface area contributed by atoms with Crippen LogP contribution in [0.15, 0.2) is 0 Å². The number of alkyl halides is 4. The number of nitrogens with zero attached hydrogens (tertiary/aromatic N) is 1. The highest BCUT2D eigenvalue weighted by atomic mass is 19.4. The summed E-state index contributed by atoms with van der Waals surface area (Å²) in [5.74, 6) is -5.57. The third-order valence-electron chi connectivity index (χ3n) is 4.36. The first-order valence-corrected chi connectivity index (χ1v) is 9.46. The van der Waals surface area contributed by atoms with Crippen molar-refractivity contribution < 1.29 is 46.2 Å². The van der Waals surface area contributed by atoms with Crippen LogP contribution in [0.4, 0.5) is 17.6 Å². The van der Waals surface area contributed by atoms with E-state index in [1.165, 1.54) is 6.92 Å². The predicted octanol–water partition coefficient (Wildman–Crippen LogP) is 3.34. The number of halogens is 4. The fourth-order valence-corrected chi connectivity index (χ4v) is 2.58. The van der Waals surface area contributed by atoms with E-state index in [-0.39, 0.29) is 6.42 Å². The normalized spacial score (nSPS) is 16.8. The molecule has 2 amide bonds. The van der Waals surface area contributed by atoms with Gasteiger partial charge in [-0.2, -0.15) is 13.2 Å². The van der Waals surface area contributed by atoms with E-state index in [0.29, 0.717) is 6.92 Å². The highest BCUT2D eigenvalue weighted by Crippen LogP contribution is 2.29. The molecule has 7 nitrogen and oxygen atoms in total. The molecule has 0 aromatic carbocycles. The highest BCUT2D eigenvalue weighted by molar-refractivity contribution is 5.97. The van der Waals surface area contributed by atoms with Crippen LogP contribution in [0.5, 0.6) is 0 Å². The van der Waals surface area contributed by atoms with E-state index >= 15 is 0 Å². The number of rotatable bonds is 9. The van der Waals surface area contributed by atoms with Gasteiger partial charge in [-0.05, 0) is 41.0 Å². The second kappa shape index (κ2) is 10.7. The molecule has 0 aromatic rings. The van der Waals surface area contributed by atoms with Crippen LogP contribution in [0.3, 0.4) is 0 Å². The van der Waals surface area contributed by atoms with E-state index in [2.05, 4.69) is 4.74 Å².